The average molecular weight is 302 g/mol. The number of piperidine rings is 1. The van der Waals surface area contributed by atoms with Crippen LogP contribution in [0, 0.1) is 5.92 Å². The minimum absolute atomic E-state index is 0.164. The molecule has 0 aromatic carbocycles. The van der Waals surface area contributed by atoms with Crippen LogP contribution in [0.1, 0.15) is 18.4 Å². The molecule has 8 heteroatoms. The molecule has 1 saturated heterocycles. The highest BCUT2D eigenvalue weighted by atomic mass is 19.4. The van der Waals surface area contributed by atoms with E-state index >= 15 is 0 Å². The maximum atomic E-state index is 12.9. The van der Waals surface area contributed by atoms with Crippen molar-refractivity contribution in [3.05, 3.63) is 17.7 Å². The number of primary amides is 1. The zero-order valence-electron chi connectivity index (χ0n) is 11.6. The minimum Gasteiger partial charge on any atom is -0.373 e. The number of alkyl halides is 3. The van der Waals surface area contributed by atoms with Gasteiger partial charge in [-0.3, -0.25) is 4.79 Å². The maximum absolute atomic E-state index is 12.9. The third-order valence-electron chi connectivity index (χ3n) is 3.62. The molecular weight excluding hydrogens is 285 g/mol. The molecule has 2 heterocycles. The van der Waals surface area contributed by atoms with E-state index in [1.165, 1.54) is 7.05 Å². The van der Waals surface area contributed by atoms with Gasteiger partial charge in [0, 0.05) is 26.1 Å². The molecule has 0 spiro atoms. The van der Waals surface area contributed by atoms with Gasteiger partial charge >= 0.3 is 6.18 Å². The van der Waals surface area contributed by atoms with E-state index in [9.17, 15) is 18.0 Å². The number of amides is 1. The van der Waals surface area contributed by atoms with Gasteiger partial charge in [-0.25, -0.2) is 4.98 Å². The number of nitrogens with two attached hydrogens (primary N) is 1. The summed E-state index contributed by atoms with van der Waals surface area (Å²) in [5, 5.41) is 2.63. The van der Waals surface area contributed by atoms with Crippen LogP contribution in [0.25, 0.3) is 0 Å². The van der Waals surface area contributed by atoms with Gasteiger partial charge in [-0.1, -0.05) is 0 Å². The van der Waals surface area contributed by atoms with Gasteiger partial charge < -0.3 is 16.0 Å². The van der Waals surface area contributed by atoms with E-state index in [1.54, 1.807) is 4.90 Å². The number of rotatable bonds is 3. The number of carbonyl (C=O) groups excluding carboxylic acids is 1. The van der Waals surface area contributed by atoms with Crippen LogP contribution >= 0.6 is 0 Å². The van der Waals surface area contributed by atoms with E-state index in [2.05, 4.69) is 10.3 Å². The fourth-order valence-corrected chi connectivity index (χ4v) is 2.36. The summed E-state index contributed by atoms with van der Waals surface area (Å²) >= 11 is 0. The number of pyridine rings is 1. The summed E-state index contributed by atoms with van der Waals surface area (Å²) < 4.78 is 38.7. The average Bonchev–Trinajstić information content (AvgIpc) is 2.46. The number of aromatic nitrogens is 1. The minimum atomic E-state index is -4.42. The molecule has 0 bridgehead atoms. The van der Waals surface area contributed by atoms with Crippen LogP contribution in [0.5, 0.6) is 0 Å². The van der Waals surface area contributed by atoms with Crippen molar-refractivity contribution in [2.24, 2.45) is 11.7 Å². The summed E-state index contributed by atoms with van der Waals surface area (Å²) in [6.07, 6.45) is -3.36. The van der Waals surface area contributed by atoms with Crippen molar-refractivity contribution < 1.29 is 18.0 Å². The van der Waals surface area contributed by atoms with Gasteiger partial charge in [0.25, 0.3) is 0 Å². The fraction of sp³-hybridized carbons (Fsp3) is 0.538. The van der Waals surface area contributed by atoms with Crippen molar-refractivity contribution in [2.75, 3.05) is 30.4 Å². The van der Waals surface area contributed by atoms with E-state index in [0.29, 0.717) is 25.9 Å². The first-order valence-corrected chi connectivity index (χ1v) is 6.62. The van der Waals surface area contributed by atoms with Gasteiger partial charge in [0.05, 0.1) is 5.56 Å². The highest BCUT2D eigenvalue weighted by Crippen LogP contribution is 2.33. The van der Waals surface area contributed by atoms with Crippen LogP contribution in [0.15, 0.2) is 12.1 Å². The molecule has 3 N–H and O–H groups in total. The van der Waals surface area contributed by atoms with Gasteiger partial charge in [-0.2, -0.15) is 13.2 Å². The monoisotopic (exact) mass is 302 g/mol. The Hall–Kier alpha value is -1.99. The Morgan fingerprint density at radius 3 is 2.48 bits per heavy atom. The molecule has 0 unspecified atom stereocenters. The Balaban J connectivity index is 2.22. The third kappa shape index (κ3) is 3.56. The van der Waals surface area contributed by atoms with Gasteiger partial charge in [0.1, 0.15) is 11.6 Å². The summed E-state index contributed by atoms with van der Waals surface area (Å²) in [5.74, 6) is -0.146. The van der Waals surface area contributed by atoms with Gasteiger partial charge in [-0.05, 0) is 25.0 Å². The Kier molecular flexibility index (Phi) is 4.24. The SMILES string of the molecule is CNc1cc(C(F)(F)F)cc(N2CCC(C(N)=O)CC2)n1. The molecule has 1 amide bonds. The van der Waals surface area contributed by atoms with Crippen LogP contribution in [0.3, 0.4) is 0 Å². The van der Waals surface area contributed by atoms with Crippen molar-refractivity contribution >= 4 is 17.5 Å². The molecule has 21 heavy (non-hydrogen) atoms. The van der Waals surface area contributed by atoms with Crippen LogP contribution in [0.4, 0.5) is 24.8 Å². The predicted octanol–water partition coefficient (Wildman–Crippen LogP) is 1.84. The highest BCUT2D eigenvalue weighted by Gasteiger charge is 2.33. The molecule has 1 aliphatic rings. The summed E-state index contributed by atoms with van der Waals surface area (Å²) in [4.78, 5) is 17.0. The number of nitrogens with zero attached hydrogens (tertiary/aromatic N) is 2. The van der Waals surface area contributed by atoms with Crippen LogP contribution in [-0.2, 0) is 11.0 Å². The number of carbonyl (C=O) groups is 1. The molecule has 116 valence electrons. The quantitative estimate of drug-likeness (QED) is 0.894. The molecule has 0 aliphatic carbocycles. The van der Waals surface area contributed by atoms with E-state index < -0.39 is 11.7 Å². The second-order valence-corrected chi connectivity index (χ2v) is 5.01. The Bertz CT molecular complexity index is 525. The first kappa shape index (κ1) is 15.4. The lowest BCUT2D eigenvalue weighted by atomic mass is 9.96. The lowest BCUT2D eigenvalue weighted by Gasteiger charge is -2.32. The number of anilines is 2. The largest absolute Gasteiger partial charge is 0.416 e. The molecule has 1 aliphatic heterocycles. The number of halogens is 3. The first-order chi connectivity index (χ1) is 9.81. The lowest BCUT2D eigenvalue weighted by Crippen LogP contribution is -2.39. The molecular formula is C13H17F3N4O. The number of hydrogen-bond acceptors (Lipinski definition) is 4. The third-order valence-corrected chi connectivity index (χ3v) is 3.62. The molecule has 5 nitrogen and oxygen atoms in total. The molecule has 0 radical (unpaired) electrons. The number of nitrogens with one attached hydrogen (secondary N) is 1. The standard InChI is InChI=1S/C13H17F3N4O/c1-18-10-6-9(13(14,15)16)7-11(19-10)20-4-2-8(3-5-20)12(17)21/h6-8H,2-5H2,1H3,(H2,17,21)(H,18,19). The van der Waals surface area contributed by atoms with Gasteiger partial charge in [-0.15, -0.1) is 0 Å². The summed E-state index contributed by atoms with van der Waals surface area (Å²) in [7, 11) is 1.52. The topological polar surface area (TPSA) is 71.2 Å². The predicted molar refractivity (Wildman–Crippen MR) is 72.9 cm³/mol. The number of hydrogen-bond donors (Lipinski definition) is 2. The Morgan fingerprint density at radius 1 is 1.38 bits per heavy atom. The van der Waals surface area contributed by atoms with Gasteiger partial charge in [0.15, 0.2) is 0 Å². The van der Waals surface area contributed by atoms with Crippen LogP contribution in [0.2, 0.25) is 0 Å². The van der Waals surface area contributed by atoms with Crippen LogP contribution in [-0.4, -0.2) is 31.0 Å². The van der Waals surface area contributed by atoms with Crippen LogP contribution < -0.4 is 16.0 Å². The summed E-state index contributed by atoms with van der Waals surface area (Å²) in [5.41, 5.74) is 4.50. The van der Waals surface area contributed by atoms with E-state index in [0.717, 1.165) is 12.1 Å². The smallest absolute Gasteiger partial charge is 0.373 e. The normalized spacial score (nSPS) is 16.9. The second-order valence-electron chi connectivity index (χ2n) is 5.01. The second kappa shape index (κ2) is 5.79. The van der Waals surface area contributed by atoms with Gasteiger partial charge in [0.2, 0.25) is 5.91 Å². The van der Waals surface area contributed by atoms with Crippen molar-refractivity contribution in [1.29, 1.82) is 0 Å². The molecule has 2 rings (SSSR count). The maximum Gasteiger partial charge on any atom is 0.416 e. The van der Waals surface area contributed by atoms with E-state index in [-0.39, 0.29) is 23.5 Å². The highest BCUT2D eigenvalue weighted by molar-refractivity contribution is 5.77. The van der Waals surface area contributed by atoms with Crippen molar-refractivity contribution in [3.8, 4) is 0 Å². The Morgan fingerprint density at radius 2 is 2.00 bits per heavy atom. The van der Waals surface area contributed by atoms with E-state index in [4.69, 9.17) is 5.73 Å². The van der Waals surface area contributed by atoms with Crippen molar-refractivity contribution in [1.82, 2.24) is 4.98 Å². The molecule has 1 aromatic heterocycles. The molecule has 1 aromatic rings. The Labute approximate surface area is 120 Å². The lowest BCUT2D eigenvalue weighted by molar-refractivity contribution is -0.137. The van der Waals surface area contributed by atoms with Crippen molar-refractivity contribution in [2.45, 2.75) is 19.0 Å². The first-order valence-electron chi connectivity index (χ1n) is 6.62. The van der Waals surface area contributed by atoms with E-state index in [1.807, 2.05) is 0 Å². The molecule has 1 fully saturated rings. The zero-order valence-corrected chi connectivity index (χ0v) is 11.6. The zero-order chi connectivity index (χ0) is 15.6. The molecule has 0 atom stereocenters. The summed E-state index contributed by atoms with van der Waals surface area (Å²) in [6.45, 7) is 0.927. The summed E-state index contributed by atoms with van der Waals surface area (Å²) in [6, 6.07) is 2.01. The molecule has 0 saturated carbocycles. The fourth-order valence-electron chi connectivity index (χ4n) is 2.36. The van der Waals surface area contributed by atoms with Crippen molar-refractivity contribution in [3.63, 3.8) is 0 Å².